The monoisotopic (exact) mass is 433 g/mol. The van der Waals surface area contributed by atoms with E-state index in [1.54, 1.807) is 6.92 Å². The van der Waals surface area contributed by atoms with Crippen LogP contribution in [0.25, 0.3) is 0 Å². The first-order valence-corrected chi connectivity index (χ1v) is 8.92. The van der Waals surface area contributed by atoms with Crippen LogP contribution in [0.15, 0.2) is 18.2 Å². The maximum absolute atomic E-state index is 12.0. The zero-order valence-electron chi connectivity index (χ0n) is 15.3. The number of carbonyl (C=O) groups is 4. The van der Waals surface area contributed by atoms with Crippen molar-refractivity contribution in [3.05, 3.63) is 33.8 Å². The Morgan fingerprint density at radius 2 is 1.79 bits per heavy atom. The molecule has 1 aromatic rings. The molecule has 154 valence electrons. The Labute approximate surface area is 172 Å². The summed E-state index contributed by atoms with van der Waals surface area (Å²) in [5, 5.41) is 7.71. The average Bonchev–Trinajstić information content (AvgIpc) is 2.62. The Balaban J connectivity index is 2.27. The molecule has 0 aliphatic heterocycles. The minimum absolute atomic E-state index is 0.145. The van der Waals surface area contributed by atoms with E-state index < -0.39 is 36.8 Å². The van der Waals surface area contributed by atoms with Crippen LogP contribution in [0.3, 0.4) is 0 Å². The molecule has 0 aliphatic carbocycles. The molecule has 0 saturated heterocycles. The van der Waals surface area contributed by atoms with E-state index in [1.165, 1.54) is 25.3 Å². The lowest BCUT2D eigenvalue weighted by atomic mass is 10.2. The van der Waals surface area contributed by atoms with Crippen molar-refractivity contribution < 1.29 is 28.7 Å². The van der Waals surface area contributed by atoms with Crippen molar-refractivity contribution in [3.8, 4) is 0 Å². The van der Waals surface area contributed by atoms with Crippen LogP contribution in [0, 0.1) is 0 Å². The number of ether oxygens (including phenoxy) is 2. The van der Waals surface area contributed by atoms with Crippen molar-refractivity contribution in [3.63, 3.8) is 0 Å². The van der Waals surface area contributed by atoms with Crippen LogP contribution in [-0.2, 0) is 23.9 Å². The van der Waals surface area contributed by atoms with Crippen molar-refractivity contribution >= 4 is 46.9 Å². The number of methoxy groups -OCH3 is 1. The largest absolute Gasteiger partial charge is 0.454 e. The number of esters is 1. The molecular formula is C17H21Cl2N3O6. The van der Waals surface area contributed by atoms with Gasteiger partial charge in [-0.3, -0.25) is 19.2 Å². The third-order valence-electron chi connectivity index (χ3n) is 3.20. The van der Waals surface area contributed by atoms with E-state index in [0.717, 1.165) is 0 Å². The van der Waals surface area contributed by atoms with E-state index in [1.807, 2.05) is 0 Å². The summed E-state index contributed by atoms with van der Waals surface area (Å²) in [6, 6.07) is 4.09. The zero-order valence-corrected chi connectivity index (χ0v) is 16.9. The Kier molecular flexibility index (Phi) is 10.3. The van der Waals surface area contributed by atoms with Gasteiger partial charge in [-0.2, -0.15) is 0 Å². The van der Waals surface area contributed by atoms with Crippen LogP contribution in [-0.4, -0.2) is 63.1 Å². The van der Waals surface area contributed by atoms with E-state index >= 15 is 0 Å². The fraction of sp³-hybridized carbons (Fsp3) is 0.412. The quantitative estimate of drug-likeness (QED) is 0.462. The normalized spacial score (nSPS) is 11.3. The second-order valence-electron chi connectivity index (χ2n) is 5.67. The van der Waals surface area contributed by atoms with Gasteiger partial charge in [0.2, 0.25) is 5.91 Å². The van der Waals surface area contributed by atoms with Crippen LogP contribution < -0.4 is 16.0 Å². The molecule has 1 aromatic carbocycles. The first-order chi connectivity index (χ1) is 13.2. The highest BCUT2D eigenvalue weighted by atomic mass is 35.5. The van der Waals surface area contributed by atoms with Gasteiger partial charge >= 0.3 is 5.97 Å². The molecule has 0 bridgehead atoms. The average molecular weight is 434 g/mol. The van der Waals surface area contributed by atoms with Gasteiger partial charge < -0.3 is 25.4 Å². The second-order valence-corrected chi connectivity index (χ2v) is 6.51. The number of nitrogens with one attached hydrogen (secondary N) is 3. The second kappa shape index (κ2) is 12.2. The fourth-order valence-corrected chi connectivity index (χ4v) is 2.46. The summed E-state index contributed by atoms with van der Waals surface area (Å²) in [5.41, 5.74) is 0.159. The van der Waals surface area contributed by atoms with E-state index in [4.69, 9.17) is 32.7 Å². The van der Waals surface area contributed by atoms with Crippen molar-refractivity contribution in [2.75, 3.05) is 33.4 Å². The molecule has 3 amide bonds. The van der Waals surface area contributed by atoms with Gasteiger partial charge in [-0.1, -0.05) is 23.2 Å². The summed E-state index contributed by atoms with van der Waals surface area (Å²) in [6.07, 6.45) is 0. The molecule has 0 radical (unpaired) electrons. The van der Waals surface area contributed by atoms with Gasteiger partial charge in [-0.25, -0.2) is 0 Å². The predicted octanol–water partition coefficient (Wildman–Crippen LogP) is 0.534. The third kappa shape index (κ3) is 9.03. The number of carbonyl (C=O) groups excluding carboxylic acids is 4. The Bertz CT molecular complexity index is 729. The summed E-state index contributed by atoms with van der Waals surface area (Å²) >= 11 is 11.7. The van der Waals surface area contributed by atoms with Gasteiger partial charge in [-0.05, 0) is 25.1 Å². The summed E-state index contributed by atoms with van der Waals surface area (Å²) in [6.45, 7) is 0.754. The van der Waals surface area contributed by atoms with Gasteiger partial charge in [0.05, 0.1) is 23.7 Å². The molecule has 9 nitrogen and oxygen atoms in total. The molecule has 1 unspecified atom stereocenters. The van der Waals surface area contributed by atoms with E-state index in [-0.39, 0.29) is 23.2 Å². The third-order valence-corrected chi connectivity index (χ3v) is 3.75. The lowest BCUT2D eigenvalue weighted by Crippen LogP contribution is -2.41. The first kappa shape index (κ1) is 23.7. The standard InChI is InChI=1S/C17H21Cl2N3O6/c1-10(8-27-2)22-15(24)9-28-16(25)7-20-14(23)6-21-17(26)12-4-3-11(18)5-13(12)19/h3-5,10H,6-9H2,1-2H3,(H,20,23)(H,21,26)(H,22,24). The first-order valence-electron chi connectivity index (χ1n) is 8.16. The molecule has 1 rings (SSSR count). The number of hydrogen-bond acceptors (Lipinski definition) is 6. The molecule has 28 heavy (non-hydrogen) atoms. The molecule has 0 spiro atoms. The number of hydrogen-bond donors (Lipinski definition) is 3. The number of benzene rings is 1. The molecular weight excluding hydrogens is 413 g/mol. The van der Waals surface area contributed by atoms with Crippen molar-refractivity contribution in [1.82, 2.24) is 16.0 Å². The molecule has 3 N–H and O–H groups in total. The minimum atomic E-state index is -0.796. The zero-order chi connectivity index (χ0) is 21.1. The molecule has 0 saturated carbocycles. The summed E-state index contributed by atoms with van der Waals surface area (Å²) in [7, 11) is 1.50. The highest BCUT2D eigenvalue weighted by Gasteiger charge is 2.14. The molecule has 11 heteroatoms. The van der Waals surface area contributed by atoms with Crippen LogP contribution in [0.2, 0.25) is 10.0 Å². The Morgan fingerprint density at radius 3 is 2.43 bits per heavy atom. The van der Waals surface area contributed by atoms with Crippen LogP contribution in [0.5, 0.6) is 0 Å². The highest BCUT2D eigenvalue weighted by molar-refractivity contribution is 6.36. The van der Waals surface area contributed by atoms with Crippen molar-refractivity contribution in [1.29, 1.82) is 0 Å². The van der Waals surface area contributed by atoms with Gasteiger partial charge in [0.15, 0.2) is 6.61 Å². The summed E-state index contributed by atoms with van der Waals surface area (Å²) < 4.78 is 9.59. The summed E-state index contributed by atoms with van der Waals surface area (Å²) in [5.74, 6) is -2.47. The fourth-order valence-electron chi connectivity index (χ4n) is 1.97. The topological polar surface area (TPSA) is 123 Å². The lowest BCUT2D eigenvalue weighted by Gasteiger charge is -2.12. The van der Waals surface area contributed by atoms with Crippen LogP contribution in [0.4, 0.5) is 0 Å². The maximum atomic E-state index is 12.0. The molecule has 0 aliphatic rings. The van der Waals surface area contributed by atoms with Crippen LogP contribution >= 0.6 is 23.2 Å². The van der Waals surface area contributed by atoms with E-state index in [9.17, 15) is 19.2 Å². The Morgan fingerprint density at radius 1 is 1.07 bits per heavy atom. The SMILES string of the molecule is COCC(C)NC(=O)COC(=O)CNC(=O)CNC(=O)c1ccc(Cl)cc1Cl. The highest BCUT2D eigenvalue weighted by Crippen LogP contribution is 2.20. The lowest BCUT2D eigenvalue weighted by molar-refractivity contribution is -0.148. The van der Waals surface area contributed by atoms with Gasteiger partial charge in [0.1, 0.15) is 6.54 Å². The molecule has 0 aromatic heterocycles. The number of amides is 3. The van der Waals surface area contributed by atoms with Gasteiger partial charge in [0.25, 0.3) is 11.8 Å². The predicted molar refractivity (Wildman–Crippen MR) is 102 cm³/mol. The van der Waals surface area contributed by atoms with Gasteiger partial charge in [0, 0.05) is 18.2 Å². The van der Waals surface area contributed by atoms with Crippen molar-refractivity contribution in [2.45, 2.75) is 13.0 Å². The number of halogens is 2. The molecule has 1 atom stereocenters. The number of rotatable bonds is 10. The van der Waals surface area contributed by atoms with Crippen molar-refractivity contribution in [2.24, 2.45) is 0 Å². The Hall–Kier alpha value is -2.36. The molecule has 0 fully saturated rings. The molecule has 0 heterocycles. The van der Waals surface area contributed by atoms with E-state index in [2.05, 4.69) is 16.0 Å². The maximum Gasteiger partial charge on any atom is 0.325 e. The smallest absolute Gasteiger partial charge is 0.325 e. The van der Waals surface area contributed by atoms with E-state index in [0.29, 0.717) is 11.6 Å². The van der Waals surface area contributed by atoms with Crippen LogP contribution in [0.1, 0.15) is 17.3 Å². The van der Waals surface area contributed by atoms with Gasteiger partial charge in [-0.15, -0.1) is 0 Å². The minimum Gasteiger partial charge on any atom is -0.454 e. The summed E-state index contributed by atoms with van der Waals surface area (Å²) in [4.78, 5) is 46.7.